The number of para-hydroxylation sites is 1. The lowest BCUT2D eigenvalue weighted by Gasteiger charge is -2.27. The Labute approximate surface area is 117 Å². The summed E-state index contributed by atoms with van der Waals surface area (Å²) in [5, 5.41) is 12.8. The molecule has 0 spiro atoms. The highest BCUT2D eigenvalue weighted by Gasteiger charge is 2.11. The largest absolute Gasteiger partial charge is 0.395 e. The van der Waals surface area contributed by atoms with Crippen molar-refractivity contribution in [3.8, 4) is 0 Å². The van der Waals surface area contributed by atoms with Crippen LogP contribution in [0.15, 0.2) is 24.3 Å². The van der Waals surface area contributed by atoms with Crippen LogP contribution in [0.5, 0.6) is 0 Å². The molecule has 0 radical (unpaired) electrons. The van der Waals surface area contributed by atoms with Crippen molar-refractivity contribution in [1.29, 1.82) is 0 Å². The fraction of sp³-hybridized carbons (Fsp3) is 0.625. The third-order valence-corrected chi connectivity index (χ3v) is 3.49. The maximum atomic E-state index is 9.38. The van der Waals surface area contributed by atoms with Crippen LogP contribution in [0, 0.1) is 6.92 Å². The maximum absolute atomic E-state index is 9.38. The van der Waals surface area contributed by atoms with Gasteiger partial charge in [0.25, 0.3) is 0 Å². The molecule has 3 nitrogen and oxygen atoms in total. The Bertz CT molecular complexity index is 354. The molecule has 0 bridgehead atoms. The number of aryl methyl sites for hydroxylation is 1. The lowest BCUT2D eigenvalue weighted by molar-refractivity contribution is 0.237. The highest BCUT2D eigenvalue weighted by atomic mass is 16.3. The summed E-state index contributed by atoms with van der Waals surface area (Å²) < 4.78 is 0. The average Bonchev–Trinajstić information content (AvgIpc) is 2.44. The van der Waals surface area contributed by atoms with Crippen LogP contribution in [0.4, 0.5) is 5.69 Å². The molecule has 0 saturated carbocycles. The predicted octanol–water partition coefficient (Wildman–Crippen LogP) is 2.57. The van der Waals surface area contributed by atoms with Crippen molar-refractivity contribution in [3.05, 3.63) is 29.8 Å². The zero-order chi connectivity index (χ0) is 14.1. The Morgan fingerprint density at radius 2 is 2.00 bits per heavy atom. The van der Waals surface area contributed by atoms with E-state index in [1.54, 1.807) is 0 Å². The van der Waals surface area contributed by atoms with Gasteiger partial charge in [0.15, 0.2) is 0 Å². The van der Waals surface area contributed by atoms with Crippen molar-refractivity contribution in [2.45, 2.75) is 39.7 Å². The van der Waals surface area contributed by atoms with Gasteiger partial charge in [0, 0.05) is 24.8 Å². The second-order valence-electron chi connectivity index (χ2n) is 4.99. The van der Waals surface area contributed by atoms with E-state index in [2.05, 4.69) is 55.3 Å². The summed E-state index contributed by atoms with van der Waals surface area (Å²) in [6, 6.07) is 8.69. The van der Waals surface area contributed by atoms with Crippen LogP contribution in [-0.4, -0.2) is 37.4 Å². The molecule has 108 valence electrons. The molecule has 0 amide bonds. The lowest BCUT2D eigenvalue weighted by atomic mass is 10.1. The van der Waals surface area contributed by atoms with Crippen molar-refractivity contribution < 1.29 is 5.11 Å². The second kappa shape index (κ2) is 8.94. The molecule has 0 aliphatic heterocycles. The molecule has 1 rings (SSSR count). The van der Waals surface area contributed by atoms with Crippen LogP contribution >= 0.6 is 0 Å². The van der Waals surface area contributed by atoms with Gasteiger partial charge in [0.1, 0.15) is 0 Å². The quantitative estimate of drug-likeness (QED) is 0.719. The fourth-order valence-electron chi connectivity index (χ4n) is 2.29. The molecule has 0 fully saturated rings. The van der Waals surface area contributed by atoms with Crippen LogP contribution < -0.4 is 10.2 Å². The predicted molar refractivity (Wildman–Crippen MR) is 82.9 cm³/mol. The molecule has 19 heavy (non-hydrogen) atoms. The van der Waals surface area contributed by atoms with Crippen LogP contribution in [0.2, 0.25) is 0 Å². The summed E-state index contributed by atoms with van der Waals surface area (Å²) >= 11 is 0. The van der Waals surface area contributed by atoms with E-state index in [1.165, 1.54) is 11.3 Å². The number of hydrogen-bond donors (Lipinski definition) is 2. The molecule has 0 saturated heterocycles. The summed E-state index contributed by atoms with van der Waals surface area (Å²) in [6.45, 7) is 9.64. The first-order chi connectivity index (χ1) is 9.22. The summed E-state index contributed by atoms with van der Waals surface area (Å²) in [4.78, 5) is 2.38. The molecule has 1 aromatic carbocycles. The molecule has 0 heterocycles. The molecule has 0 aliphatic carbocycles. The Balaban J connectivity index is 2.55. The minimum Gasteiger partial charge on any atom is -0.395 e. The van der Waals surface area contributed by atoms with Gasteiger partial charge >= 0.3 is 0 Å². The SMILES string of the molecule is CCCNC(CO)CCN(CC)c1ccccc1C. The van der Waals surface area contributed by atoms with E-state index >= 15 is 0 Å². The second-order valence-corrected chi connectivity index (χ2v) is 4.99. The first-order valence-corrected chi connectivity index (χ1v) is 7.37. The number of benzene rings is 1. The van der Waals surface area contributed by atoms with Crippen LogP contribution in [0.25, 0.3) is 0 Å². The molecular weight excluding hydrogens is 236 g/mol. The first kappa shape index (κ1) is 16.0. The van der Waals surface area contributed by atoms with Gasteiger partial charge in [0.05, 0.1) is 6.61 Å². The summed E-state index contributed by atoms with van der Waals surface area (Å²) in [6.07, 6.45) is 2.07. The van der Waals surface area contributed by atoms with Gasteiger partial charge in [-0.2, -0.15) is 0 Å². The maximum Gasteiger partial charge on any atom is 0.0585 e. The van der Waals surface area contributed by atoms with E-state index in [0.717, 1.165) is 32.5 Å². The summed E-state index contributed by atoms with van der Waals surface area (Å²) in [7, 11) is 0. The van der Waals surface area contributed by atoms with Crippen LogP contribution in [0.1, 0.15) is 32.3 Å². The Morgan fingerprint density at radius 1 is 1.26 bits per heavy atom. The number of aliphatic hydroxyl groups excluding tert-OH is 1. The van der Waals surface area contributed by atoms with Crippen LogP contribution in [0.3, 0.4) is 0 Å². The summed E-state index contributed by atoms with van der Waals surface area (Å²) in [5.74, 6) is 0. The topological polar surface area (TPSA) is 35.5 Å². The van der Waals surface area contributed by atoms with Crippen molar-refractivity contribution in [2.24, 2.45) is 0 Å². The number of hydrogen-bond acceptors (Lipinski definition) is 3. The number of nitrogens with zero attached hydrogens (tertiary/aromatic N) is 1. The van der Waals surface area contributed by atoms with E-state index in [-0.39, 0.29) is 12.6 Å². The molecule has 0 aliphatic rings. The number of aliphatic hydroxyl groups is 1. The highest BCUT2D eigenvalue weighted by molar-refractivity contribution is 5.52. The molecule has 1 aromatic rings. The van der Waals surface area contributed by atoms with Crippen molar-refractivity contribution in [1.82, 2.24) is 5.32 Å². The van der Waals surface area contributed by atoms with Gasteiger partial charge in [-0.25, -0.2) is 0 Å². The zero-order valence-electron chi connectivity index (χ0n) is 12.5. The summed E-state index contributed by atoms with van der Waals surface area (Å²) in [5.41, 5.74) is 2.61. The average molecular weight is 264 g/mol. The number of anilines is 1. The minimum absolute atomic E-state index is 0.206. The van der Waals surface area contributed by atoms with Crippen molar-refractivity contribution >= 4 is 5.69 Å². The third-order valence-electron chi connectivity index (χ3n) is 3.49. The van der Waals surface area contributed by atoms with Crippen molar-refractivity contribution in [2.75, 3.05) is 31.1 Å². The lowest BCUT2D eigenvalue weighted by Crippen LogP contribution is -2.37. The molecule has 0 aromatic heterocycles. The third kappa shape index (κ3) is 5.21. The molecule has 2 N–H and O–H groups in total. The number of nitrogens with one attached hydrogen (secondary N) is 1. The standard InChI is InChI=1S/C16H28N2O/c1-4-11-17-15(13-19)10-12-18(5-2)16-9-7-6-8-14(16)3/h6-9,15,17,19H,4-5,10-13H2,1-3H3. The van der Waals surface area contributed by atoms with Gasteiger partial charge in [-0.1, -0.05) is 25.1 Å². The van der Waals surface area contributed by atoms with E-state index in [9.17, 15) is 5.11 Å². The Morgan fingerprint density at radius 3 is 2.58 bits per heavy atom. The van der Waals surface area contributed by atoms with Gasteiger partial charge in [-0.05, 0) is 44.9 Å². The van der Waals surface area contributed by atoms with Crippen molar-refractivity contribution in [3.63, 3.8) is 0 Å². The molecule has 1 atom stereocenters. The van der Waals surface area contributed by atoms with E-state index in [0.29, 0.717) is 0 Å². The Hall–Kier alpha value is -1.06. The zero-order valence-corrected chi connectivity index (χ0v) is 12.5. The van der Waals surface area contributed by atoms with Crippen LogP contribution in [-0.2, 0) is 0 Å². The molecular formula is C16H28N2O. The normalized spacial score (nSPS) is 12.4. The Kier molecular flexibility index (Phi) is 7.53. The smallest absolute Gasteiger partial charge is 0.0585 e. The van der Waals surface area contributed by atoms with Gasteiger partial charge < -0.3 is 15.3 Å². The highest BCUT2D eigenvalue weighted by Crippen LogP contribution is 2.19. The monoisotopic (exact) mass is 264 g/mol. The van der Waals surface area contributed by atoms with E-state index in [1.807, 2.05) is 0 Å². The van der Waals surface area contributed by atoms with Gasteiger partial charge in [0.2, 0.25) is 0 Å². The fourth-order valence-corrected chi connectivity index (χ4v) is 2.29. The molecule has 1 unspecified atom stereocenters. The molecule has 3 heteroatoms. The minimum atomic E-state index is 0.206. The van der Waals surface area contributed by atoms with Gasteiger partial charge in [-0.15, -0.1) is 0 Å². The number of rotatable bonds is 9. The van der Waals surface area contributed by atoms with E-state index < -0.39 is 0 Å². The van der Waals surface area contributed by atoms with Gasteiger partial charge in [-0.3, -0.25) is 0 Å². The van der Waals surface area contributed by atoms with E-state index in [4.69, 9.17) is 0 Å². The first-order valence-electron chi connectivity index (χ1n) is 7.37.